The third-order valence-electron chi connectivity index (χ3n) is 3.74. The topological polar surface area (TPSA) is 32.8 Å². The first-order valence-corrected chi connectivity index (χ1v) is 7.07. The normalized spacial score (nSPS) is 18.5. The minimum absolute atomic E-state index is 0.187. The summed E-state index contributed by atoms with van der Waals surface area (Å²) in [7, 11) is 0. The van der Waals surface area contributed by atoms with Crippen LogP contribution in [0.4, 0.5) is 10.5 Å². The van der Waals surface area contributed by atoms with E-state index in [-0.39, 0.29) is 6.09 Å². The summed E-state index contributed by atoms with van der Waals surface area (Å²) in [4.78, 5) is 15.5. The number of hydrogen-bond acceptors (Lipinski definition) is 3. The second-order valence-electron chi connectivity index (χ2n) is 4.97. The van der Waals surface area contributed by atoms with E-state index >= 15 is 0 Å². The molecule has 4 nitrogen and oxygen atoms in total. The molecule has 0 aromatic heterocycles. The number of nitrogens with zero attached hydrogens (tertiary/aromatic N) is 2. The van der Waals surface area contributed by atoms with Crippen LogP contribution in [0, 0.1) is 0 Å². The van der Waals surface area contributed by atoms with Crippen LogP contribution in [-0.2, 0) is 11.2 Å². The van der Waals surface area contributed by atoms with Gasteiger partial charge in [0.25, 0.3) is 0 Å². The van der Waals surface area contributed by atoms with Crippen molar-refractivity contribution in [3.8, 4) is 0 Å². The molecule has 2 aliphatic rings. The van der Waals surface area contributed by atoms with E-state index in [9.17, 15) is 4.79 Å². The van der Waals surface area contributed by atoms with Gasteiger partial charge in [0.05, 0.1) is 6.54 Å². The van der Waals surface area contributed by atoms with Crippen molar-refractivity contribution in [3.05, 3.63) is 28.8 Å². The number of aryl methyl sites for hydroxylation is 1. The van der Waals surface area contributed by atoms with Crippen LogP contribution in [0.2, 0.25) is 5.02 Å². The molecule has 1 aromatic carbocycles. The molecular weight excluding hydrogens is 264 g/mol. The summed E-state index contributed by atoms with van der Waals surface area (Å²) < 4.78 is 4.94. The van der Waals surface area contributed by atoms with Gasteiger partial charge in [0, 0.05) is 30.3 Å². The molecule has 0 unspecified atom stereocenters. The van der Waals surface area contributed by atoms with Crippen molar-refractivity contribution in [2.45, 2.75) is 12.8 Å². The van der Waals surface area contributed by atoms with Crippen LogP contribution in [0.25, 0.3) is 0 Å². The Labute approximate surface area is 117 Å². The van der Waals surface area contributed by atoms with Gasteiger partial charge in [-0.2, -0.15) is 0 Å². The van der Waals surface area contributed by atoms with Gasteiger partial charge in [0.15, 0.2) is 0 Å². The zero-order valence-corrected chi connectivity index (χ0v) is 11.5. The highest BCUT2D eigenvalue weighted by molar-refractivity contribution is 6.30. The fourth-order valence-electron chi connectivity index (χ4n) is 2.75. The van der Waals surface area contributed by atoms with Crippen molar-refractivity contribution < 1.29 is 9.53 Å². The van der Waals surface area contributed by atoms with Gasteiger partial charge in [0.1, 0.15) is 6.61 Å². The molecule has 2 heterocycles. The number of carbonyl (C=O) groups is 1. The average molecular weight is 281 g/mol. The lowest BCUT2D eigenvalue weighted by Crippen LogP contribution is -2.38. The number of ether oxygens (including phenoxy) is 1. The number of anilines is 1. The lowest BCUT2D eigenvalue weighted by molar-refractivity contribution is 0.159. The van der Waals surface area contributed by atoms with Crippen LogP contribution in [0.5, 0.6) is 0 Å². The number of hydrogen-bond donors (Lipinski definition) is 0. The Morgan fingerprint density at radius 1 is 1.21 bits per heavy atom. The standard InChI is InChI=1S/C14H17ClN2O2/c15-12-3-4-13-11(10-12)2-1-5-16(13)6-7-17-8-9-19-14(17)18/h3-4,10H,1-2,5-9H2. The molecule has 102 valence electrons. The van der Waals surface area contributed by atoms with Crippen LogP contribution in [0.3, 0.4) is 0 Å². The number of cyclic esters (lactones) is 1. The summed E-state index contributed by atoms with van der Waals surface area (Å²) in [6, 6.07) is 6.06. The van der Waals surface area contributed by atoms with Gasteiger partial charge in [-0.15, -0.1) is 0 Å². The first-order chi connectivity index (χ1) is 9.24. The number of benzene rings is 1. The molecule has 0 spiro atoms. The Balaban J connectivity index is 1.68. The highest BCUT2D eigenvalue weighted by Gasteiger charge is 2.23. The van der Waals surface area contributed by atoms with E-state index in [2.05, 4.69) is 11.0 Å². The van der Waals surface area contributed by atoms with Gasteiger partial charge in [-0.25, -0.2) is 4.79 Å². The molecule has 1 aromatic rings. The van der Waals surface area contributed by atoms with E-state index < -0.39 is 0 Å². The molecule has 0 atom stereocenters. The summed E-state index contributed by atoms with van der Waals surface area (Å²) in [5, 5.41) is 0.795. The van der Waals surface area contributed by atoms with Crippen LogP contribution in [-0.4, -0.2) is 43.8 Å². The predicted molar refractivity (Wildman–Crippen MR) is 74.9 cm³/mol. The second kappa shape index (κ2) is 5.29. The number of amides is 1. The van der Waals surface area contributed by atoms with Gasteiger partial charge in [-0.05, 0) is 36.6 Å². The van der Waals surface area contributed by atoms with Gasteiger partial charge < -0.3 is 14.5 Å². The first-order valence-electron chi connectivity index (χ1n) is 6.69. The predicted octanol–water partition coefficient (Wildman–Crippen LogP) is 2.54. The first kappa shape index (κ1) is 12.6. The van der Waals surface area contributed by atoms with Gasteiger partial charge in [-0.1, -0.05) is 11.6 Å². The molecule has 0 saturated carbocycles. The SMILES string of the molecule is O=C1OCCN1CCN1CCCc2cc(Cl)ccc21. The zero-order valence-electron chi connectivity index (χ0n) is 10.8. The molecule has 2 aliphatic heterocycles. The summed E-state index contributed by atoms with van der Waals surface area (Å²) >= 11 is 6.04. The minimum Gasteiger partial charge on any atom is -0.448 e. The molecule has 1 amide bonds. The fourth-order valence-corrected chi connectivity index (χ4v) is 2.94. The summed E-state index contributed by atoms with van der Waals surface area (Å²) in [6.45, 7) is 3.84. The highest BCUT2D eigenvalue weighted by atomic mass is 35.5. The van der Waals surface area contributed by atoms with Crippen LogP contribution < -0.4 is 4.90 Å². The van der Waals surface area contributed by atoms with Crippen molar-refractivity contribution in [2.24, 2.45) is 0 Å². The van der Waals surface area contributed by atoms with E-state index in [1.165, 1.54) is 11.3 Å². The fraction of sp³-hybridized carbons (Fsp3) is 0.500. The minimum atomic E-state index is -0.187. The second-order valence-corrected chi connectivity index (χ2v) is 5.40. The smallest absolute Gasteiger partial charge is 0.409 e. The molecule has 1 saturated heterocycles. The van der Waals surface area contributed by atoms with Crippen molar-refractivity contribution in [1.82, 2.24) is 4.90 Å². The molecule has 19 heavy (non-hydrogen) atoms. The quantitative estimate of drug-likeness (QED) is 0.853. The molecule has 3 rings (SSSR count). The maximum atomic E-state index is 11.4. The van der Waals surface area contributed by atoms with E-state index in [0.717, 1.165) is 37.5 Å². The van der Waals surface area contributed by atoms with E-state index in [1.807, 2.05) is 12.1 Å². The lowest BCUT2D eigenvalue weighted by atomic mass is 10.0. The Bertz CT molecular complexity index is 492. The summed E-state index contributed by atoms with van der Waals surface area (Å²) in [5.41, 5.74) is 2.56. The van der Waals surface area contributed by atoms with Gasteiger partial charge >= 0.3 is 6.09 Å². The van der Waals surface area contributed by atoms with Crippen LogP contribution >= 0.6 is 11.6 Å². The van der Waals surface area contributed by atoms with Gasteiger partial charge in [0.2, 0.25) is 0 Å². The Kier molecular flexibility index (Phi) is 3.51. The van der Waals surface area contributed by atoms with Crippen molar-refractivity contribution in [1.29, 1.82) is 0 Å². The van der Waals surface area contributed by atoms with Crippen molar-refractivity contribution >= 4 is 23.4 Å². The largest absolute Gasteiger partial charge is 0.448 e. The molecule has 5 heteroatoms. The number of rotatable bonds is 3. The zero-order chi connectivity index (χ0) is 13.2. The number of halogens is 1. The molecule has 0 radical (unpaired) electrons. The molecule has 0 N–H and O–H groups in total. The average Bonchev–Trinajstić information content (AvgIpc) is 2.81. The van der Waals surface area contributed by atoms with E-state index in [4.69, 9.17) is 16.3 Å². The number of fused-ring (bicyclic) bond motifs is 1. The highest BCUT2D eigenvalue weighted by Crippen LogP contribution is 2.29. The lowest BCUT2D eigenvalue weighted by Gasteiger charge is -2.32. The Morgan fingerprint density at radius 2 is 2.05 bits per heavy atom. The van der Waals surface area contributed by atoms with Crippen LogP contribution in [0.1, 0.15) is 12.0 Å². The van der Waals surface area contributed by atoms with E-state index in [0.29, 0.717) is 13.2 Å². The van der Waals surface area contributed by atoms with E-state index in [1.54, 1.807) is 4.90 Å². The number of carbonyl (C=O) groups excluding carboxylic acids is 1. The Morgan fingerprint density at radius 3 is 2.84 bits per heavy atom. The van der Waals surface area contributed by atoms with Gasteiger partial charge in [-0.3, -0.25) is 0 Å². The maximum absolute atomic E-state index is 11.4. The monoisotopic (exact) mass is 280 g/mol. The maximum Gasteiger partial charge on any atom is 0.409 e. The summed E-state index contributed by atoms with van der Waals surface area (Å²) in [5.74, 6) is 0. The third kappa shape index (κ3) is 2.63. The molecular formula is C14H17ClN2O2. The van der Waals surface area contributed by atoms with Crippen LogP contribution in [0.15, 0.2) is 18.2 Å². The Hall–Kier alpha value is -1.42. The molecule has 0 bridgehead atoms. The third-order valence-corrected chi connectivity index (χ3v) is 3.98. The van der Waals surface area contributed by atoms with Crippen molar-refractivity contribution in [2.75, 3.05) is 37.7 Å². The molecule has 1 fully saturated rings. The molecule has 0 aliphatic carbocycles. The van der Waals surface area contributed by atoms with Crippen molar-refractivity contribution in [3.63, 3.8) is 0 Å². The summed E-state index contributed by atoms with van der Waals surface area (Å²) in [6.07, 6.45) is 2.03.